The Morgan fingerprint density at radius 1 is 1.20 bits per heavy atom. The van der Waals surface area contributed by atoms with Gasteiger partial charge in [0.15, 0.2) is 0 Å². The zero-order valence-electron chi connectivity index (χ0n) is 10.3. The monoisotopic (exact) mass is 296 g/mol. The first kappa shape index (κ1) is 14.6. The minimum atomic E-state index is -4.46. The molecule has 2 aromatic rings. The van der Waals surface area contributed by atoms with Crippen LogP contribution in [-0.2, 0) is 12.7 Å². The molecule has 1 aromatic carbocycles. The van der Waals surface area contributed by atoms with Crippen molar-refractivity contribution in [1.82, 2.24) is 5.32 Å². The van der Waals surface area contributed by atoms with Gasteiger partial charge in [0, 0.05) is 11.4 Å². The van der Waals surface area contributed by atoms with Crippen LogP contribution < -0.4 is 5.32 Å². The Balaban J connectivity index is 2.22. The van der Waals surface area contributed by atoms with Crippen LogP contribution in [0.4, 0.5) is 13.2 Å². The van der Waals surface area contributed by atoms with Crippen LogP contribution in [0.3, 0.4) is 0 Å². The number of hydrogen-bond acceptors (Lipinski definition) is 3. The standard InChI is InChI=1S/C14H11F3N2S/c15-14(16,17)12-6-2-1-5-11(12)13(8-18)19-9-10-4-3-7-20-10/h1-7,13,19H,9H2. The Morgan fingerprint density at radius 3 is 2.55 bits per heavy atom. The average Bonchev–Trinajstić information content (AvgIpc) is 2.92. The molecule has 2 nitrogen and oxygen atoms in total. The topological polar surface area (TPSA) is 35.8 Å². The van der Waals surface area contributed by atoms with E-state index in [2.05, 4.69) is 5.32 Å². The molecule has 0 aliphatic carbocycles. The first-order valence-electron chi connectivity index (χ1n) is 5.84. The predicted molar refractivity (Wildman–Crippen MR) is 71.0 cm³/mol. The zero-order chi connectivity index (χ0) is 14.6. The smallest absolute Gasteiger partial charge is 0.293 e. The van der Waals surface area contributed by atoms with E-state index in [0.29, 0.717) is 6.54 Å². The fourth-order valence-corrected chi connectivity index (χ4v) is 2.50. The molecule has 6 heteroatoms. The molecule has 1 unspecified atom stereocenters. The molecule has 0 fully saturated rings. The van der Waals surface area contributed by atoms with Crippen LogP contribution in [0.25, 0.3) is 0 Å². The Hall–Kier alpha value is -1.84. The number of nitrogens with zero attached hydrogens (tertiary/aromatic N) is 1. The van der Waals surface area contributed by atoms with Gasteiger partial charge in [-0.1, -0.05) is 24.3 Å². The normalized spacial score (nSPS) is 12.9. The Kier molecular flexibility index (Phi) is 4.42. The summed E-state index contributed by atoms with van der Waals surface area (Å²) in [6, 6.07) is 9.76. The average molecular weight is 296 g/mol. The van der Waals surface area contributed by atoms with E-state index in [-0.39, 0.29) is 5.56 Å². The quantitative estimate of drug-likeness (QED) is 0.921. The van der Waals surface area contributed by atoms with Crippen LogP contribution in [0.2, 0.25) is 0 Å². The molecule has 20 heavy (non-hydrogen) atoms. The van der Waals surface area contributed by atoms with Gasteiger partial charge in [0.25, 0.3) is 0 Å². The van der Waals surface area contributed by atoms with E-state index in [1.54, 1.807) is 0 Å². The summed E-state index contributed by atoms with van der Waals surface area (Å²) in [5, 5.41) is 13.8. The molecule has 0 amide bonds. The second-order valence-electron chi connectivity index (χ2n) is 4.11. The number of hydrogen-bond donors (Lipinski definition) is 1. The molecule has 1 aromatic heterocycles. The van der Waals surface area contributed by atoms with Gasteiger partial charge in [0.05, 0.1) is 11.6 Å². The van der Waals surface area contributed by atoms with E-state index in [4.69, 9.17) is 5.26 Å². The summed E-state index contributed by atoms with van der Waals surface area (Å²) in [6.07, 6.45) is -4.46. The summed E-state index contributed by atoms with van der Waals surface area (Å²) in [6.45, 7) is 0.363. The number of halogens is 3. The second-order valence-corrected chi connectivity index (χ2v) is 5.14. The van der Waals surface area contributed by atoms with Gasteiger partial charge in [-0.2, -0.15) is 18.4 Å². The van der Waals surface area contributed by atoms with Crippen molar-refractivity contribution in [3.63, 3.8) is 0 Å². The number of nitrogens with one attached hydrogen (secondary N) is 1. The van der Waals surface area contributed by atoms with Gasteiger partial charge in [0.2, 0.25) is 0 Å². The summed E-state index contributed by atoms with van der Waals surface area (Å²) in [5.41, 5.74) is -0.815. The van der Waals surface area contributed by atoms with Gasteiger partial charge in [-0.25, -0.2) is 0 Å². The summed E-state index contributed by atoms with van der Waals surface area (Å²) in [7, 11) is 0. The number of benzene rings is 1. The third kappa shape index (κ3) is 3.38. The van der Waals surface area contributed by atoms with E-state index in [1.807, 2.05) is 23.6 Å². The van der Waals surface area contributed by atoms with Crippen molar-refractivity contribution in [1.29, 1.82) is 5.26 Å². The van der Waals surface area contributed by atoms with Gasteiger partial charge in [-0.3, -0.25) is 5.32 Å². The summed E-state index contributed by atoms with van der Waals surface area (Å²) >= 11 is 1.49. The molecule has 0 aliphatic rings. The van der Waals surface area contributed by atoms with Crippen molar-refractivity contribution in [3.8, 4) is 6.07 Å². The van der Waals surface area contributed by atoms with E-state index in [0.717, 1.165) is 10.9 Å². The first-order valence-corrected chi connectivity index (χ1v) is 6.72. The molecule has 1 N–H and O–H groups in total. The predicted octanol–water partition coefficient (Wildman–Crippen LogP) is 4.12. The highest BCUT2D eigenvalue weighted by atomic mass is 32.1. The fraction of sp³-hybridized carbons (Fsp3) is 0.214. The second kappa shape index (κ2) is 6.07. The Bertz CT molecular complexity index is 600. The molecule has 104 valence electrons. The van der Waals surface area contributed by atoms with Crippen molar-refractivity contribution in [2.75, 3.05) is 0 Å². The van der Waals surface area contributed by atoms with Crippen LogP contribution in [0.15, 0.2) is 41.8 Å². The van der Waals surface area contributed by atoms with E-state index >= 15 is 0 Å². The number of rotatable bonds is 4. The summed E-state index contributed by atoms with van der Waals surface area (Å²) in [4.78, 5) is 0.967. The third-order valence-electron chi connectivity index (χ3n) is 2.77. The van der Waals surface area contributed by atoms with Crippen molar-refractivity contribution >= 4 is 11.3 Å². The van der Waals surface area contributed by atoms with Crippen molar-refractivity contribution in [2.45, 2.75) is 18.8 Å². The van der Waals surface area contributed by atoms with Gasteiger partial charge in [-0.15, -0.1) is 11.3 Å². The van der Waals surface area contributed by atoms with Crippen molar-refractivity contribution in [3.05, 3.63) is 57.8 Å². The first-order chi connectivity index (χ1) is 9.52. The zero-order valence-corrected chi connectivity index (χ0v) is 11.1. The molecule has 1 atom stereocenters. The molecule has 1 heterocycles. The Morgan fingerprint density at radius 2 is 1.95 bits per heavy atom. The highest BCUT2D eigenvalue weighted by Gasteiger charge is 2.34. The number of alkyl halides is 3. The SMILES string of the molecule is N#CC(NCc1cccs1)c1ccccc1C(F)(F)F. The van der Waals surface area contributed by atoms with Gasteiger partial charge in [0.1, 0.15) is 6.04 Å². The number of nitriles is 1. The highest BCUT2D eigenvalue weighted by Crippen LogP contribution is 2.34. The van der Waals surface area contributed by atoms with Crippen molar-refractivity contribution in [2.24, 2.45) is 0 Å². The largest absolute Gasteiger partial charge is 0.416 e. The van der Waals surface area contributed by atoms with Gasteiger partial charge >= 0.3 is 6.18 Å². The maximum atomic E-state index is 12.9. The van der Waals surface area contributed by atoms with Crippen LogP contribution in [0.5, 0.6) is 0 Å². The maximum absolute atomic E-state index is 12.9. The van der Waals surface area contributed by atoms with Crippen LogP contribution in [0, 0.1) is 11.3 Å². The molecule has 0 radical (unpaired) electrons. The summed E-state index contributed by atoms with van der Waals surface area (Å²) < 4.78 is 38.8. The maximum Gasteiger partial charge on any atom is 0.416 e. The molecular weight excluding hydrogens is 285 g/mol. The van der Waals surface area contributed by atoms with Crippen LogP contribution >= 0.6 is 11.3 Å². The number of thiophene rings is 1. The molecule has 0 spiro atoms. The summed E-state index contributed by atoms with van der Waals surface area (Å²) in [5.74, 6) is 0. The Labute approximate surface area is 118 Å². The van der Waals surface area contributed by atoms with E-state index < -0.39 is 17.8 Å². The van der Waals surface area contributed by atoms with Gasteiger partial charge in [-0.05, 0) is 23.1 Å². The molecule has 0 bridgehead atoms. The molecule has 0 aliphatic heterocycles. The van der Waals surface area contributed by atoms with Gasteiger partial charge < -0.3 is 0 Å². The van der Waals surface area contributed by atoms with E-state index in [9.17, 15) is 13.2 Å². The molecular formula is C14H11F3N2S. The lowest BCUT2D eigenvalue weighted by Gasteiger charge is -2.17. The highest BCUT2D eigenvalue weighted by molar-refractivity contribution is 7.09. The lowest BCUT2D eigenvalue weighted by Crippen LogP contribution is -2.22. The lowest BCUT2D eigenvalue weighted by molar-refractivity contribution is -0.138. The third-order valence-corrected chi connectivity index (χ3v) is 3.64. The fourth-order valence-electron chi connectivity index (χ4n) is 1.85. The molecule has 2 rings (SSSR count). The van der Waals surface area contributed by atoms with Crippen LogP contribution in [0.1, 0.15) is 22.0 Å². The molecule has 0 saturated heterocycles. The van der Waals surface area contributed by atoms with Crippen molar-refractivity contribution < 1.29 is 13.2 Å². The minimum Gasteiger partial charge on any atom is -0.293 e. The lowest BCUT2D eigenvalue weighted by atomic mass is 10.0. The minimum absolute atomic E-state index is 0.0425. The molecule has 0 saturated carbocycles. The van der Waals surface area contributed by atoms with Crippen LogP contribution in [-0.4, -0.2) is 0 Å². The van der Waals surface area contributed by atoms with E-state index in [1.165, 1.54) is 29.5 Å².